The lowest BCUT2D eigenvalue weighted by molar-refractivity contribution is 0.0222. The summed E-state index contributed by atoms with van der Waals surface area (Å²) in [5.41, 5.74) is 3.54. The molecule has 9 heteroatoms. The van der Waals surface area contributed by atoms with Crippen LogP contribution in [0.15, 0.2) is 18.2 Å². The minimum absolute atomic E-state index is 0.0311. The summed E-state index contributed by atoms with van der Waals surface area (Å²) in [5, 5.41) is 5.15. The lowest BCUT2D eigenvalue weighted by Crippen LogP contribution is -2.40. The van der Waals surface area contributed by atoms with E-state index in [4.69, 9.17) is 9.84 Å². The fourth-order valence-electron chi connectivity index (χ4n) is 5.31. The molecule has 1 amide bonds. The van der Waals surface area contributed by atoms with Gasteiger partial charge in [0.1, 0.15) is 5.60 Å². The Labute approximate surface area is 210 Å². The van der Waals surface area contributed by atoms with E-state index in [1.54, 1.807) is 11.0 Å². The van der Waals surface area contributed by atoms with Crippen LogP contribution in [0.4, 0.5) is 25.1 Å². The monoisotopic (exact) mass is 504 g/mol. The van der Waals surface area contributed by atoms with Gasteiger partial charge in [-0.15, -0.1) is 0 Å². The predicted octanol–water partition coefficient (Wildman–Crippen LogP) is 6.27. The minimum Gasteiger partial charge on any atom is -0.444 e. The predicted molar refractivity (Wildman–Crippen MR) is 135 cm³/mol. The molecule has 0 aliphatic carbocycles. The smallest absolute Gasteiger partial charge is 0.410 e. The molecular formula is C26H34F2N4O2S. The van der Waals surface area contributed by atoms with Crippen LogP contribution in [0.25, 0.3) is 0 Å². The molecule has 190 valence electrons. The quantitative estimate of drug-likeness (QED) is 0.493. The van der Waals surface area contributed by atoms with Crippen LogP contribution in [0, 0.1) is 0 Å². The Hall–Kier alpha value is -2.29. The van der Waals surface area contributed by atoms with E-state index < -0.39 is 12.0 Å². The third-order valence-corrected chi connectivity index (χ3v) is 8.04. The molecule has 0 unspecified atom stereocenters. The van der Waals surface area contributed by atoms with E-state index in [0.29, 0.717) is 25.6 Å². The number of benzene rings is 1. The molecule has 0 bridgehead atoms. The van der Waals surface area contributed by atoms with Crippen molar-refractivity contribution < 1.29 is 18.3 Å². The van der Waals surface area contributed by atoms with Gasteiger partial charge >= 0.3 is 6.09 Å². The molecule has 1 fully saturated rings. The Morgan fingerprint density at radius 3 is 2.66 bits per heavy atom. The van der Waals surface area contributed by atoms with Crippen molar-refractivity contribution in [2.45, 2.75) is 77.5 Å². The highest BCUT2D eigenvalue weighted by Gasteiger charge is 2.35. The number of nitrogens with zero attached hydrogens (tertiary/aromatic N) is 4. The number of ether oxygens (including phenoxy) is 1. The highest BCUT2D eigenvalue weighted by molar-refractivity contribution is 7.99. The number of rotatable bonds is 3. The third kappa shape index (κ3) is 5.01. The fraction of sp³-hybridized carbons (Fsp3) is 0.615. The third-order valence-electron chi connectivity index (χ3n) is 6.99. The Morgan fingerprint density at radius 1 is 1.17 bits per heavy atom. The zero-order chi connectivity index (χ0) is 24.7. The zero-order valence-corrected chi connectivity index (χ0v) is 21.5. The van der Waals surface area contributed by atoms with Crippen LogP contribution in [-0.2, 0) is 24.1 Å². The number of hydrogen-bond donors (Lipinski definition) is 0. The molecule has 35 heavy (non-hydrogen) atoms. The molecule has 1 aromatic carbocycles. The van der Waals surface area contributed by atoms with E-state index in [1.807, 2.05) is 38.6 Å². The first-order valence-corrected chi connectivity index (χ1v) is 13.7. The molecule has 0 saturated carbocycles. The van der Waals surface area contributed by atoms with Crippen molar-refractivity contribution in [1.29, 1.82) is 0 Å². The molecule has 5 rings (SSSR count). The number of carbonyl (C=O) groups excluding carboxylic acids is 1. The lowest BCUT2D eigenvalue weighted by Gasteiger charge is -2.33. The summed E-state index contributed by atoms with van der Waals surface area (Å²) >= 11 is 1.98. The van der Waals surface area contributed by atoms with E-state index in [2.05, 4.69) is 9.58 Å². The first-order valence-electron chi connectivity index (χ1n) is 12.6. The van der Waals surface area contributed by atoms with Gasteiger partial charge < -0.3 is 14.5 Å². The second kappa shape index (κ2) is 9.64. The van der Waals surface area contributed by atoms with Crippen LogP contribution in [0.1, 0.15) is 74.9 Å². The van der Waals surface area contributed by atoms with Crippen LogP contribution in [0.3, 0.4) is 0 Å². The molecule has 3 aliphatic rings. The van der Waals surface area contributed by atoms with Gasteiger partial charge in [-0.1, -0.05) is 12.1 Å². The molecule has 0 atom stereocenters. The average molecular weight is 505 g/mol. The highest BCUT2D eigenvalue weighted by atomic mass is 32.2. The van der Waals surface area contributed by atoms with Crippen molar-refractivity contribution in [3.05, 3.63) is 40.6 Å². The summed E-state index contributed by atoms with van der Waals surface area (Å²) in [4.78, 5) is 16.8. The molecule has 4 heterocycles. The van der Waals surface area contributed by atoms with Gasteiger partial charge in [-0.3, -0.25) is 4.68 Å². The first-order chi connectivity index (χ1) is 16.7. The maximum atomic E-state index is 13.6. The van der Waals surface area contributed by atoms with Crippen molar-refractivity contribution >= 4 is 29.4 Å². The second-order valence-corrected chi connectivity index (χ2v) is 11.9. The molecule has 6 nitrogen and oxygen atoms in total. The van der Waals surface area contributed by atoms with Crippen LogP contribution < -0.4 is 4.90 Å². The summed E-state index contributed by atoms with van der Waals surface area (Å²) in [6.45, 7) is 7.33. The van der Waals surface area contributed by atoms with Gasteiger partial charge in [-0.25, -0.2) is 13.6 Å². The average Bonchev–Trinajstić information content (AvgIpc) is 3.21. The van der Waals surface area contributed by atoms with Gasteiger partial charge in [0.15, 0.2) is 5.82 Å². The van der Waals surface area contributed by atoms with E-state index in [1.165, 1.54) is 11.8 Å². The number of thioether (sulfide) groups is 1. The Balaban J connectivity index is 1.55. The van der Waals surface area contributed by atoms with Gasteiger partial charge in [0.25, 0.3) is 6.43 Å². The normalized spacial score (nSPS) is 19.0. The van der Waals surface area contributed by atoms with Crippen LogP contribution >= 0.6 is 11.8 Å². The van der Waals surface area contributed by atoms with E-state index in [9.17, 15) is 13.6 Å². The number of aryl methyl sites for hydroxylation is 1. The zero-order valence-electron chi connectivity index (χ0n) is 20.7. The number of amides is 1. The second-order valence-electron chi connectivity index (χ2n) is 10.6. The Kier molecular flexibility index (Phi) is 6.72. The van der Waals surface area contributed by atoms with Crippen LogP contribution in [0.5, 0.6) is 0 Å². The number of hydrogen-bond acceptors (Lipinski definition) is 5. The summed E-state index contributed by atoms with van der Waals surface area (Å²) in [6.07, 6.45) is 1.80. The van der Waals surface area contributed by atoms with Gasteiger partial charge in [0.05, 0.1) is 12.6 Å². The van der Waals surface area contributed by atoms with Gasteiger partial charge in [0, 0.05) is 42.0 Å². The number of fused-ring (bicyclic) bond motifs is 2. The maximum absolute atomic E-state index is 13.6. The number of carbonyl (C=O) groups is 1. The van der Waals surface area contributed by atoms with Crippen LogP contribution in [-0.4, -0.2) is 51.0 Å². The SMILES string of the molecule is CC(C)(C)OC(=O)N1CCc2c(c(N3CCCc4ccc(C(F)F)cc43)nn2C2CCSCC2)C1. The summed E-state index contributed by atoms with van der Waals surface area (Å²) < 4.78 is 35.0. The number of anilines is 2. The molecule has 3 aliphatic heterocycles. The number of aromatic nitrogens is 2. The van der Waals surface area contributed by atoms with Crippen molar-refractivity contribution in [3.8, 4) is 0 Å². The molecule has 2 aromatic rings. The van der Waals surface area contributed by atoms with Crippen molar-refractivity contribution in [3.63, 3.8) is 0 Å². The Morgan fingerprint density at radius 2 is 1.94 bits per heavy atom. The number of alkyl halides is 2. The molecule has 0 spiro atoms. The minimum atomic E-state index is -2.52. The Bertz CT molecular complexity index is 1090. The maximum Gasteiger partial charge on any atom is 0.410 e. The molecule has 1 aromatic heterocycles. The lowest BCUT2D eigenvalue weighted by atomic mass is 9.98. The topological polar surface area (TPSA) is 50.6 Å². The van der Waals surface area contributed by atoms with Crippen molar-refractivity contribution in [2.24, 2.45) is 0 Å². The van der Waals surface area contributed by atoms with Gasteiger partial charge in [-0.2, -0.15) is 16.9 Å². The largest absolute Gasteiger partial charge is 0.444 e. The van der Waals surface area contributed by atoms with E-state index >= 15 is 0 Å². The molecule has 0 N–H and O–H groups in total. The van der Waals surface area contributed by atoms with Crippen LogP contribution in [0.2, 0.25) is 0 Å². The fourth-order valence-corrected chi connectivity index (χ4v) is 6.39. The van der Waals surface area contributed by atoms with Crippen molar-refractivity contribution in [1.82, 2.24) is 14.7 Å². The standard InChI is InChI=1S/C26H34F2N4O2S/c1-26(2,3)34-25(33)30-12-8-21-20(16-30)24(29-32(21)19-9-13-35-14-10-19)31-11-4-5-17-6-7-18(23(27)28)15-22(17)31/h6-7,15,19,23H,4-5,8-14,16H2,1-3H3. The highest BCUT2D eigenvalue weighted by Crippen LogP contribution is 2.41. The first kappa shape index (κ1) is 24.4. The summed E-state index contributed by atoms with van der Waals surface area (Å²) in [6, 6.07) is 5.32. The van der Waals surface area contributed by atoms with Gasteiger partial charge in [-0.05, 0) is 69.6 Å². The summed E-state index contributed by atoms with van der Waals surface area (Å²) in [5.74, 6) is 3.03. The van der Waals surface area contributed by atoms with Crippen molar-refractivity contribution in [2.75, 3.05) is 29.5 Å². The van der Waals surface area contributed by atoms with E-state index in [0.717, 1.165) is 66.4 Å². The molecular weight excluding hydrogens is 470 g/mol. The molecule has 1 saturated heterocycles. The molecule has 0 radical (unpaired) electrons. The van der Waals surface area contributed by atoms with Gasteiger partial charge in [0.2, 0.25) is 0 Å². The summed E-state index contributed by atoms with van der Waals surface area (Å²) in [7, 11) is 0. The van der Waals surface area contributed by atoms with E-state index in [-0.39, 0.29) is 11.7 Å². The number of halogens is 2.